The van der Waals surface area contributed by atoms with Crippen LogP contribution in [0.25, 0.3) is 10.9 Å². The van der Waals surface area contributed by atoms with Crippen molar-refractivity contribution in [3.8, 4) is 5.75 Å². The summed E-state index contributed by atoms with van der Waals surface area (Å²) >= 11 is 0. The lowest BCUT2D eigenvalue weighted by molar-refractivity contribution is -0.150. The Hall–Kier alpha value is -4.95. The summed E-state index contributed by atoms with van der Waals surface area (Å²) in [6, 6.07) is 4.48. The Morgan fingerprint density at radius 3 is 2.35 bits per heavy atom. The first-order valence-electron chi connectivity index (χ1n) is 15.2. The topological polar surface area (TPSA) is 196 Å². The predicted octanol–water partition coefficient (Wildman–Crippen LogP) is 1.65. The van der Waals surface area contributed by atoms with E-state index in [-0.39, 0.29) is 63.6 Å². The maximum absolute atomic E-state index is 13.6. The second-order valence-corrected chi connectivity index (χ2v) is 11.3. The third-order valence-corrected chi connectivity index (χ3v) is 8.00. The molecule has 2 unspecified atom stereocenters. The van der Waals surface area contributed by atoms with E-state index in [1.807, 2.05) is 13.0 Å². The van der Waals surface area contributed by atoms with Crippen LogP contribution in [0.1, 0.15) is 55.6 Å². The zero-order chi connectivity index (χ0) is 33.5. The minimum absolute atomic E-state index is 0.127. The number of piperazine rings is 1. The molecule has 4 amide bonds. The van der Waals surface area contributed by atoms with Crippen LogP contribution in [0.15, 0.2) is 24.3 Å². The summed E-state index contributed by atoms with van der Waals surface area (Å²) in [6.07, 6.45) is -1.23. The highest BCUT2D eigenvalue weighted by atomic mass is 16.6. The summed E-state index contributed by atoms with van der Waals surface area (Å²) in [5.74, 6) is -3.83. The molecule has 3 N–H and O–H groups in total. The number of pyridine rings is 1. The highest BCUT2D eigenvalue weighted by Gasteiger charge is 2.37. The molecule has 2 aliphatic heterocycles. The van der Waals surface area contributed by atoms with Gasteiger partial charge in [0.2, 0.25) is 5.91 Å². The van der Waals surface area contributed by atoms with Gasteiger partial charge in [0.15, 0.2) is 6.10 Å². The van der Waals surface area contributed by atoms with E-state index in [0.717, 1.165) is 5.56 Å². The molecule has 0 radical (unpaired) electrons. The third-order valence-electron chi connectivity index (χ3n) is 8.00. The lowest BCUT2D eigenvalue weighted by atomic mass is 10.1. The largest absolute Gasteiger partial charge is 0.481 e. The van der Waals surface area contributed by atoms with Crippen molar-refractivity contribution >= 4 is 46.7 Å². The van der Waals surface area contributed by atoms with Gasteiger partial charge in [0, 0.05) is 50.6 Å². The van der Waals surface area contributed by atoms with Gasteiger partial charge in [-0.1, -0.05) is 6.07 Å². The Kier molecular flexibility index (Phi) is 11.0. The number of amides is 4. The van der Waals surface area contributed by atoms with Gasteiger partial charge in [-0.15, -0.1) is 0 Å². The Labute approximate surface area is 265 Å². The number of rotatable bonds is 11. The Morgan fingerprint density at radius 2 is 1.70 bits per heavy atom. The van der Waals surface area contributed by atoms with Crippen molar-refractivity contribution in [1.29, 1.82) is 0 Å². The van der Waals surface area contributed by atoms with E-state index in [2.05, 4.69) is 10.3 Å². The van der Waals surface area contributed by atoms with Crippen LogP contribution in [0, 0.1) is 6.92 Å². The lowest BCUT2D eigenvalue weighted by Gasteiger charge is -2.35. The number of benzene rings is 1. The number of carboxylic acids is 2. The van der Waals surface area contributed by atoms with Crippen LogP contribution in [-0.2, 0) is 23.9 Å². The number of carbonyl (C=O) groups is 6. The fraction of sp³-hybridized carbons (Fsp3) is 0.516. The maximum Gasteiger partial charge on any atom is 0.409 e. The molecule has 1 aromatic heterocycles. The van der Waals surface area contributed by atoms with E-state index in [1.165, 1.54) is 27.7 Å². The predicted molar refractivity (Wildman–Crippen MR) is 162 cm³/mol. The number of aryl methyl sites for hydroxylation is 1. The van der Waals surface area contributed by atoms with E-state index >= 15 is 0 Å². The van der Waals surface area contributed by atoms with E-state index < -0.39 is 53.9 Å². The molecule has 1 aromatic carbocycles. The van der Waals surface area contributed by atoms with Crippen molar-refractivity contribution in [2.24, 2.45) is 0 Å². The SMILES string of the molecule is CCOC(=O)N1CCN(C(=O)C(CCC(=O)O)NC(=O)c2cc(O[C@H](C)C(=O)N3CCCC3C(=O)O)c3ccc(C)cc3n2)CC1. The molecule has 0 bridgehead atoms. The number of aliphatic carboxylic acids is 2. The van der Waals surface area contributed by atoms with Gasteiger partial charge in [0.25, 0.3) is 11.8 Å². The van der Waals surface area contributed by atoms with Crippen molar-refractivity contribution in [1.82, 2.24) is 25.0 Å². The minimum Gasteiger partial charge on any atom is -0.481 e. The Balaban J connectivity index is 1.55. The van der Waals surface area contributed by atoms with E-state index in [4.69, 9.17) is 9.47 Å². The molecular formula is C31H39N5O10. The molecule has 248 valence electrons. The van der Waals surface area contributed by atoms with Crippen LogP contribution in [-0.4, -0.2) is 123 Å². The van der Waals surface area contributed by atoms with Crippen LogP contribution in [0.2, 0.25) is 0 Å². The summed E-state index contributed by atoms with van der Waals surface area (Å²) in [6.45, 7) is 6.33. The Bertz CT molecular complexity index is 1510. The smallest absolute Gasteiger partial charge is 0.409 e. The van der Waals surface area contributed by atoms with Gasteiger partial charge >= 0.3 is 18.0 Å². The van der Waals surface area contributed by atoms with Gasteiger partial charge in [-0.05, 0) is 57.7 Å². The second kappa shape index (κ2) is 14.9. The second-order valence-electron chi connectivity index (χ2n) is 11.3. The summed E-state index contributed by atoms with van der Waals surface area (Å²) in [7, 11) is 0. The first-order valence-corrected chi connectivity index (χ1v) is 15.2. The van der Waals surface area contributed by atoms with Crippen LogP contribution < -0.4 is 10.1 Å². The third kappa shape index (κ3) is 8.00. The Morgan fingerprint density at radius 1 is 1.00 bits per heavy atom. The number of nitrogens with zero attached hydrogens (tertiary/aromatic N) is 4. The number of carbonyl (C=O) groups excluding carboxylic acids is 4. The number of ether oxygens (including phenoxy) is 2. The average Bonchev–Trinajstić information content (AvgIpc) is 3.52. The molecule has 0 aliphatic carbocycles. The average molecular weight is 642 g/mol. The summed E-state index contributed by atoms with van der Waals surface area (Å²) in [5.41, 5.74) is 1.10. The number of hydrogen-bond donors (Lipinski definition) is 3. The van der Waals surface area contributed by atoms with Crippen LogP contribution in [0.5, 0.6) is 5.75 Å². The molecular weight excluding hydrogens is 602 g/mol. The maximum atomic E-state index is 13.6. The molecule has 2 aromatic rings. The van der Waals surface area contributed by atoms with Crippen molar-refractivity contribution in [2.75, 3.05) is 39.3 Å². The van der Waals surface area contributed by atoms with Crippen LogP contribution >= 0.6 is 0 Å². The normalized spacial score (nSPS) is 17.7. The fourth-order valence-electron chi connectivity index (χ4n) is 5.58. The molecule has 3 heterocycles. The zero-order valence-electron chi connectivity index (χ0n) is 26.1. The zero-order valence-corrected chi connectivity index (χ0v) is 26.1. The van der Waals surface area contributed by atoms with E-state index in [1.54, 1.807) is 19.1 Å². The number of carboxylic acid groups (broad SMARTS) is 2. The number of nitrogens with one attached hydrogen (secondary N) is 1. The molecule has 0 spiro atoms. The summed E-state index contributed by atoms with van der Waals surface area (Å²) < 4.78 is 11.0. The monoisotopic (exact) mass is 641 g/mol. The quantitative estimate of drug-likeness (QED) is 0.323. The number of fused-ring (bicyclic) bond motifs is 1. The van der Waals surface area contributed by atoms with Crippen LogP contribution in [0.3, 0.4) is 0 Å². The fourth-order valence-corrected chi connectivity index (χ4v) is 5.58. The van der Waals surface area contributed by atoms with Crippen molar-refractivity contribution in [3.05, 3.63) is 35.5 Å². The van der Waals surface area contributed by atoms with E-state index in [9.17, 15) is 39.0 Å². The molecule has 2 saturated heterocycles. The van der Waals surface area contributed by atoms with Crippen LogP contribution in [0.4, 0.5) is 4.79 Å². The lowest BCUT2D eigenvalue weighted by Crippen LogP contribution is -2.56. The highest BCUT2D eigenvalue weighted by Crippen LogP contribution is 2.29. The van der Waals surface area contributed by atoms with Crippen molar-refractivity contribution in [2.45, 2.75) is 64.6 Å². The van der Waals surface area contributed by atoms with Gasteiger partial charge in [-0.2, -0.15) is 0 Å². The molecule has 46 heavy (non-hydrogen) atoms. The van der Waals surface area contributed by atoms with E-state index in [0.29, 0.717) is 23.7 Å². The molecule has 15 nitrogen and oxygen atoms in total. The minimum atomic E-state index is -1.19. The molecule has 0 saturated carbocycles. The summed E-state index contributed by atoms with van der Waals surface area (Å²) in [5, 5.41) is 22.0. The first kappa shape index (κ1) is 33.9. The molecule has 4 rings (SSSR count). The van der Waals surface area contributed by atoms with Gasteiger partial charge in [-0.25, -0.2) is 14.6 Å². The molecule has 15 heteroatoms. The van der Waals surface area contributed by atoms with Gasteiger partial charge < -0.3 is 39.7 Å². The summed E-state index contributed by atoms with van der Waals surface area (Å²) in [4.78, 5) is 84.0. The van der Waals surface area contributed by atoms with Gasteiger partial charge in [0.1, 0.15) is 23.5 Å². The molecule has 3 atom stereocenters. The van der Waals surface area contributed by atoms with Gasteiger partial charge in [-0.3, -0.25) is 19.2 Å². The highest BCUT2D eigenvalue weighted by molar-refractivity contribution is 5.99. The standard InChI is InChI=1S/C31H39N5O10/c1-4-45-31(44)35-14-12-34(13-15-35)29(41)21(9-10-26(37)38)33-27(39)23-17-25(20-8-7-18(2)16-22(20)32-23)46-19(3)28(40)36-11-5-6-24(36)30(42)43/h7-8,16-17,19,21,24H,4-6,9-15H2,1-3H3,(H,33,39)(H,37,38)(H,42,43)/t19-,21?,24?/m1/s1. The number of likely N-dealkylation sites (tertiary alicyclic amines) is 1. The number of aromatic nitrogens is 1. The van der Waals surface area contributed by atoms with Crippen molar-refractivity contribution in [3.63, 3.8) is 0 Å². The molecule has 2 aliphatic rings. The number of hydrogen-bond acceptors (Lipinski definition) is 9. The first-order chi connectivity index (χ1) is 21.9. The van der Waals surface area contributed by atoms with Gasteiger partial charge in [0.05, 0.1) is 12.1 Å². The molecule has 2 fully saturated rings. The van der Waals surface area contributed by atoms with Crippen molar-refractivity contribution < 1.29 is 48.5 Å².